The second-order valence-corrected chi connectivity index (χ2v) is 10.0. The number of hydrogen-bond donors (Lipinski definition) is 8. The van der Waals surface area contributed by atoms with E-state index in [-0.39, 0.29) is 12.8 Å². The van der Waals surface area contributed by atoms with E-state index in [1.807, 2.05) is 0 Å². The molecule has 176 valence electrons. The smallest absolute Gasteiger partial charge is 0.187 e. The van der Waals surface area contributed by atoms with Crippen molar-refractivity contribution in [1.82, 2.24) is 0 Å². The van der Waals surface area contributed by atoms with Crippen LogP contribution in [0.4, 0.5) is 0 Å². The lowest BCUT2D eigenvalue weighted by Crippen LogP contribution is -2.62. The van der Waals surface area contributed by atoms with Gasteiger partial charge in [0.25, 0.3) is 0 Å². The Hall–Kier alpha value is -0.400. The molecular weight excluding hydrogens is 400 g/mol. The number of aliphatic hydroxyl groups is 8. The van der Waals surface area contributed by atoms with Crippen LogP contribution in [-0.2, 0) is 9.47 Å². The zero-order chi connectivity index (χ0) is 22.6. The number of fused-ring (bicyclic) bond motifs is 1. The maximum absolute atomic E-state index is 11.1. The summed E-state index contributed by atoms with van der Waals surface area (Å²) in [6.07, 6.45) is -7.42. The van der Waals surface area contributed by atoms with Gasteiger partial charge in [-0.05, 0) is 57.8 Å². The van der Waals surface area contributed by atoms with Gasteiger partial charge in [0.1, 0.15) is 24.4 Å². The lowest BCUT2D eigenvalue weighted by molar-refractivity contribution is -0.332. The third-order valence-electron chi connectivity index (χ3n) is 7.74. The maximum Gasteiger partial charge on any atom is 0.187 e. The maximum atomic E-state index is 11.1. The topological polar surface area (TPSA) is 180 Å². The highest BCUT2D eigenvalue weighted by atomic mass is 16.7. The quantitative estimate of drug-likeness (QED) is 0.229. The van der Waals surface area contributed by atoms with E-state index in [0.717, 1.165) is 0 Å². The van der Waals surface area contributed by atoms with Gasteiger partial charge in [0.05, 0.1) is 36.1 Å². The van der Waals surface area contributed by atoms with Crippen molar-refractivity contribution in [1.29, 1.82) is 0 Å². The van der Waals surface area contributed by atoms with Gasteiger partial charge in [0, 0.05) is 0 Å². The Bertz CT molecular complexity index is 610. The molecule has 1 saturated heterocycles. The summed E-state index contributed by atoms with van der Waals surface area (Å²) >= 11 is 0. The van der Waals surface area contributed by atoms with Crippen LogP contribution in [0.2, 0.25) is 0 Å². The van der Waals surface area contributed by atoms with Gasteiger partial charge in [0.2, 0.25) is 0 Å². The van der Waals surface area contributed by atoms with Gasteiger partial charge in [-0.3, -0.25) is 0 Å². The van der Waals surface area contributed by atoms with Crippen molar-refractivity contribution in [2.45, 2.75) is 93.6 Å². The molecule has 2 saturated carbocycles. The highest BCUT2D eigenvalue weighted by molar-refractivity contribution is 5.12. The minimum atomic E-state index is -1.58. The zero-order valence-electron chi connectivity index (χ0n) is 17.6. The number of hydrogen-bond acceptors (Lipinski definition) is 10. The third-order valence-corrected chi connectivity index (χ3v) is 7.74. The molecular formula is C20H36O10. The van der Waals surface area contributed by atoms with E-state index in [1.54, 1.807) is 13.8 Å². The van der Waals surface area contributed by atoms with Crippen LogP contribution in [0.15, 0.2) is 0 Å². The second kappa shape index (κ2) is 8.18. The summed E-state index contributed by atoms with van der Waals surface area (Å²) in [7, 11) is 0. The first-order valence-electron chi connectivity index (χ1n) is 10.5. The Morgan fingerprint density at radius 3 is 2.17 bits per heavy atom. The fourth-order valence-electron chi connectivity index (χ4n) is 5.53. The van der Waals surface area contributed by atoms with Gasteiger partial charge in [0.15, 0.2) is 6.29 Å². The number of rotatable bonds is 5. The van der Waals surface area contributed by atoms with Crippen molar-refractivity contribution in [3.05, 3.63) is 0 Å². The monoisotopic (exact) mass is 436 g/mol. The van der Waals surface area contributed by atoms with E-state index in [1.165, 1.54) is 6.92 Å². The van der Waals surface area contributed by atoms with Crippen molar-refractivity contribution in [3.8, 4) is 0 Å². The summed E-state index contributed by atoms with van der Waals surface area (Å²) in [4.78, 5) is 0. The van der Waals surface area contributed by atoms with E-state index in [9.17, 15) is 40.9 Å². The largest absolute Gasteiger partial charge is 0.394 e. The summed E-state index contributed by atoms with van der Waals surface area (Å²) in [5, 5.41) is 81.8. The highest BCUT2D eigenvalue weighted by Crippen LogP contribution is 2.56. The molecule has 0 bridgehead atoms. The Balaban J connectivity index is 1.81. The molecule has 11 atom stereocenters. The first-order chi connectivity index (χ1) is 13.8. The SMILES string of the molecule is CC(C)(O[C@@H]1O[C@H](CO)[C@@H](O)[C@H](O)[C@H]1O)[C@H]1C[C@@H]2[C@@H](C[C@H](O)[C@]2(C)O)[C@@](O)(CO)C1. The molecule has 0 radical (unpaired) electrons. The lowest BCUT2D eigenvalue weighted by atomic mass is 9.61. The van der Waals surface area contributed by atoms with E-state index in [2.05, 4.69) is 0 Å². The predicted molar refractivity (Wildman–Crippen MR) is 102 cm³/mol. The van der Waals surface area contributed by atoms with Gasteiger partial charge >= 0.3 is 0 Å². The van der Waals surface area contributed by atoms with Crippen molar-refractivity contribution in [2.24, 2.45) is 17.8 Å². The minimum absolute atomic E-state index is 0.137. The van der Waals surface area contributed by atoms with Crippen LogP contribution in [0, 0.1) is 17.8 Å². The number of aliphatic hydroxyl groups excluding tert-OH is 6. The zero-order valence-corrected chi connectivity index (χ0v) is 17.6. The van der Waals surface area contributed by atoms with Gasteiger partial charge in [-0.2, -0.15) is 0 Å². The number of ether oxygens (including phenoxy) is 2. The molecule has 3 aliphatic rings. The fourth-order valence-corrected chi connectivity index (χ4v) is 5.53. The molecule has 30 heavy (non-hydrogen) atoms. The van der Waals surface area contributed by atoms with Crippen LogP contribution in [-0.4, -0.2) is 108 Å². The Morgan fingerprint density at radius 1 is 0.967 bits per heavy atom. The van der Waals surface area contributed by atoms with Gasteiger partial charge in [-0.25, -0.2) is 0 Å². The molecule has 0 aromatic carbocycles. The van der Waals surface area contributed by atoms with Crippen LogP contribution >= 0.6 is 0 Å². The molecule has 10 heteroatoms. The fraction of sp³-hybridized carbons (Fsp3) is 1.00. The first kappa shape index (κ1) is 24.2. The molecule has 0 aromatic heterocycles. The summed E-state index contributed by atoms with van der Waals surface area (Å²) in [5.74, 6) is -1.37. The van der Waals surface area contributed by atoms with Crippen molar-refractivity contribution in [3.63, 3.8) is 0 Å². The molecule has 0 aromatic rings. The molecule has 10 nitrogen and oxygen atoms in total. The first-order valence-corrected chi connectivity index (χ1v) is 10.5. The molecule has 1 aliphatic heterocycles. The average Bonchev–Trinajstić information content (AvgIpc) is 2.92. The van der Waals surface area contributed by atoms with Gasteiger partial charge < -0.3 is 50.3 Å². The van der Waals surface area contributed by atoms with Gasteiger partial charge in [-0.1, -0.05) is 0 Å². The molecule has 1 heterocycles. The molecule has 3 rings (SSSR count). The van der Waals surface area contributed by atoms with E-state index in [4.69, 9.17) is 9.47 Å². The molecule has 8 N–H and O–H groups in total. The summed E-state index contributed by atoms with van der Waals surface area (Å²) < 4.78 is 11.4. The second-order valence-electron chi connectivity index (χ2n) is 10.0. The van der Waals surface area contributed by atoms with Crippen molar-refractivity contribution >= 4 is 0 Å². The van der Waals surface area contributed by atoms with E-state index < -0.39 is 84.6 Å². The summed E-state index contributed by atoms with van der Waals surface area (Å²) in [6, 6.07) is 0. The van der Waals surface area contributed by atoms with E-state index >= 15 is 0 Å². The standard InChI is InChI=1S/C20H36O10/c1-18(2,30-17-16(26)15(25)14(24)12(7-21)29-17)9-4-10-11(20(28,6-9)8-22)5-13(23)19(10,3)27/h9-17,21-28H,4-8H2,1-3H3/t9-,10+,11+,12+,13-,14+,15-,16+,17-,19+,20-/m0/s1. The molecule has 0 amide bonds. The average molecular weight is 436 g/mol. The predicted octanol–water partition coefficient (Wildman–Crippen LogP) is -2.54. The van der Waals surface area contributed by atoms with Crippen molar-refractivity contribution < 1.29 is 50.3 Å². The van der Waals surface area contributed by atoms with Crippen LogP contribution in [0.3, 0.4) is 0 Å². The molecule has 0 unspecified atom stereocenters. The molecule has 0 spiro atoms. The van der Waals surface area contributed by atoms with E-state index in [0.29, 0.717) is 6.42 Å². The van der Waals surface area contributed by atoms with Crippen LogP contribution in [0.5, 0.6) is 0 Å². The Kier molecular flexibility index (Phi) is 6.61. The lowest BCUT2D eigenvalue weighted by Gasteiger charge is -2.52. The third kappa shape index (κ3) is 3.92. The Morgan fingerprint density at radius 2 is 1.60 bits per heavy atom. The Labute approximate surface area is 175 Å². The van der Waals surface area contributed by atoms with Crippen LogP contribution in [0.1, 0.15) is 40.0 Å². The normalized spacial score (nSPS) is 52.3. The van der Waals surface area contributed by atoms with Crippen LogP contribution in [0.25, 0.3) is 0 Å². The van der Waals surface area contributed by atoms with Gasteiger partial charge in [-0.15, -0.1) is 0 Å². The van der Waals surface area contributed by atoms with Crippen LogP contribution < -0.4 is 0 Å². The summed E-state index contributed by atoms with van der Waals surface area (Å²) in [5.41, 5.74) is -4.01. The van der Waals surface area contributed by atoms with Crippen molar-refractivity contribution in [2.75, 3.05) is 13.2 Å². The summed E-state index contributed by atoms with van der Waals surface area (Å²) in [6.45, 7) is 3.82. The molecule has 2 aliphatic carbocycles. The minimum Gasteiger partial charge on any atom is -0.394 e. The molecule has 3 fully saturated rings. The highest BCUT2D eigenvalue weighted by Gasteiger charge is 2.62.